The first kappa shape index (κ1) is 17.2. The number of carbonyl (C=O) groups is 1. The summed E-state index contributed by atoms with van der Waals surface area (Å²) in [5.74, 6) is 0.0221. The number of hydrogen-bond acceptors (Lipinski definition) is 3. The number of hydrogen-bond donors (Lipinski definition) is 1. The van der Waals surface area contributed by atoms with Crippen molar-refractivity contribution < 1.29 is 4.79 Å². The zero-order valence-electron chi connectivity index (χ0n) is 14.6. The van der Waals surface area contributed by atoms with Crippen molar-refractivity contribution in [2.45, 2.75) is 19.5 Å². The number of benzene rings is 2. The fourth-order valence-corrected chi connectivity index (χ4v) is 2.90. The number of fused-ring (bicyclic) bond motifs is 1. The molecule has 0 aliphatic heterocycles. The molecule has 2 aromatic carbocycles. The molecule has 0 atom stereocenters. The van der Waals surface area contributed by atoms with Gasteiger partial charge in [0.15, 0.2) is 0 Å². The summed E-state index contributed by atoms with van der Waals surface area (Å²) < 4.78 is 1.88. The molecule has 1 aromatic heterocycles. The van der Waals surface area contributed by atoms with Crippen LogP contribution in [0.4, 0.5) is 0 Å². The van der Waals surface area contributed by atoms with Crippen LogP contribution in [0.2, 0.25) is 0 Å². The van der Waals surface area contributed by atoms with Crippen molar-refractivity contribution in [2.24, 2.45) is 0 Å². The van der Waals surface area contributed by atoms with Crippen LogP contribution in [0.3, 0.4) is 0 Å². The van der Waals surface area contributed by atoms with Gasteiger partial charge in [-0.1, -0.05) is 42.5 Å². The van der Waals surface area contributed by atoms with Gasteiger partial charge in [0.1, 0.15) is 6.54 Å². The fourth-order valence-electron chi connectivity index (χ4n) is 2.90. The van der Waals surface area contributed by atoms with Crippen molar-refractivity contribution in [3.05, 3.63) is 66.5 Å². The largest absolute Gasteiger partial charge is 0.355 e. The molecule has 0 aliphatic rings. The minimum atomic E-state index is 0.0221. The molecular weight excluding hydrogens is 312 g/mol. The minimum Gasteiger partial charge on any atom is -0.355 e. The Bertz CT molecular complexity index is 813. The van der Waals surface area contributed by atoms with Crippen LogP contribution in [0.1, 0.15) is 12.0 Å². The predicted octanol–water partition coefficient (Wildman–Crippen LogP) is 2.67. The van der Waals surface area contributed by atoms with Gasteiger partial charge in [-0.05, 0) is 37.7 Å². The summed E-state index contributed by atoms with van der Waals surface area (Å²) in [6.07, 6.45) is 2.65. The number of nitrogens with zero attached hydrogens (tertiary/aromatic N) is 3. The van der Waals surface area contributed by atoms with Crippen molar-refractivity contribution in [1.82, 2.24) is 19.8 Å². The Hall–Kier alpha value is -2.66. The molecule has 0 bridgehead atoms. The van der Waals surface area contributed by atoms with Crippen LogP contribution in [-0.2, 0) is 17.9 Å². The molecule has 0 fully saturated rings. The first-order valence-corrected chi connectivity index (χ1v) is 8.61. The molecule has 0 radical (unpaired) electrons. The van der Waals surface area contributed by atoms with Crippen molar-refractivity contribution in [1.29, 1.82) is 0 Å². The molecule has 5 nitrogen and oxygen atoms in total. The molecule has 1 N–H and O–H groups in total. The number of rotatable bonds is 8. The third kappa shape index (κ3) is 4.90. The molecule has 0 spiro atoms. The average Bonchev–Trinajstić information content (AvgIpc) is 3.03. The highest BCUT2D eigenvalue weighted by Gasteiger charge is 2.06. The van der Waals surface area contributed by atoms with Crippen LogP contribution < -0.4 is 5.32 Å². The Morgan fingerprint density at radius 3 is 2.72 bits per heavy atom. The van der Waals surface area contributed by atoms with Gasteiger partial charge in [0.25, 0.3) is 0 Å². The number of aromatic nitrogens is 2. The zero-order chi connectivity index (χ0) is 17.5. The van der Waals surface area contributed by atoms with Gasteiger partial charge < -0.3 is 14.8 Å². The maximum Gasteiger partial charge on any atom is 0.239 e. The second-order valence-corrected chi connectivity index (χ2v) is 6.29. The van der Waals surface area contributed by atoms with E-state index in [0.29, 0.717) is 13.1 Å². The van der Waals surface area contributed by atoms with Crippen LogP contribution in [0.25, 0.3) is 11.0 Å². The second kappa shape index (κ2) is 8.44. The quantitative estimate of drug-likeness (QED) is 0.644. The van der Waals surface area contributed by atoms with Gasteiger partial charge >= 0.3 is 0 Å². The van der Waals surface area contributed by atoms with Gasteiger partial charge in [-0.25, -0.2) is 4.98 Å². The number of nitrogens with one attached hydrogen (secondary N) is 1. The van der Waals surface area contributed by atoms with Gasteiger partial charge in [-0.2, -0.15) is 0 Å². The Balaban J connectivity index is 1.38. The van der Waals surface area contributed by atoms with Crippen molar-refractivity contribution in [2.75, 3.05) is 20.1 Å². The minimum absolute atomic E-state index is 0.0221. The highest BCUT2D eigenvalue weighted by Crippen LogP contribution is 2.11. The molecule has 3 rings (SSSR count). The lowest BCUT2D eigenvalue weighted by Crippen LogP contribution is -2.30. The number of para-hydroxylation sites is 2. The van der Waals surface area contributed by atoms with E-state index in [4.69, 9.17) is 0 Å². The van der Waals surface area contributed by atoms with Crippen molar-refractivity contribution >= 4 is 16.9 Å². The van der Waals surface area contributed by atoms with E-state index in [1.807, 2.05) is 34.9 Å². The lowest BCUT2D eigenvalue weighted by atomic mass is 10.2. The van der Waals surface area contributed by atoms with E-state index in [-0.39, 0.29) is 5.91 Å². The number of amides is 1. The van der Waals surface area contributed by atoms with Gasteiger partial charge in [0.2, 0.25) is 5.91 Å². The van der Waals surface area contributed by atoms with Crippen LogP contribution in [0, 0.1) is 0 Å². The summed E-state index contributed by atoms with van der Waals surface area (Å²) in [5.41, 5.74) is 3.21. The predicted molar refractivity (Wildman–Crippen MR) is 100 cm³/mol. The maximum atomic E-state index is 12.1. The van der Waals surface area contributed by atoms with E-state index in [1.165, 1.54) is 5.56 Å². The summed E-state index contributed by atoms with van der Waals surface area (Å²) >= 11 is 0. The maximum absolute atomic E-state index is 12.1. The van der Waals surface area contributed by atoms with Gasteiger partial charge in [0, 0.05) is 13.1 Å². The molecule has 1 heterocycles. The first-order chi connectivity index (χ1) is 12.2. The molecule has 130 valence electrons. The summed E-state index contributed by atoms with van der Waals surface area (Å²) in [4.78, 5) is 18.7. The van der Waals surface area contributed by atoms with Crippen molar-refractivity contribution in [3.8, 4) is 0 Å². The lowest BCUT2D eigenvalue weighted by molar-refractivity contribution is -0.121. The Kier molecular flexibility index (Phi) is 5.80. The average molecular weight is 336 g/mol. The summed E-state index contributed by atoms with van der Waals surface area (Å²) in [6.45, 7) is 2.87. The SMILES string of the molecule is CN(CCCNC(=O)Cn1cnc2ccccc21)Cc1ccccc1. The normalized spacial score (nSPS) is 11.1. The van der Waals surface area contributed by atoms with Crippen LogP contribution in [-0.4, -0.2) is 40.5 Å². The topological polar surface area (TPSA) is 50.2 Å². The lowest BCUT2D eigenvalue weighted by Gasteiger charge is -2.16. The van der Waals surface area contributed by atoms with E-state index >= 15 is 0 Å². The third-order valence-electron chi connectivity index (χ3n) is 4.18. The summed E-state index contributed by atoms with van der Waals surface area (Å²) in [5, 5.41) is 2.99. The standard InChI is InChI=1S/C20H24N4O/c1-23(14-17-8-3-2-4-9-17)13-7-12-21-20(25)15-24-16-22-18-10-5-6-11-19(18)24/h2-6,8-11,16H,7,12-15H2,1H3,(H,21,25). The summed E-state index contributed by atoms with van der Waals surface area (Å²) in [7, 11) is 2.10. The van der Waals surface area contributed by atoms with Crippen LogP contribution in [0.15, 0.2) is 60.9 Å². The Morgan fingerprint density at radius 2 is 1.88 bits per heavy atom. The van der Waals surface area contributed by atoms with E-state index < -0.39 is 0 Å². The Labute approximate surface area is 148 Å². The fraction of sp³-hybridized carbons (Fsp3) is 0.300. The molecule has 0 saturated carbocycles. The van der Waals surface area contributed by atoms with Gasteiger partial charge in [-0.15, -0.1) is 0 Å². The molecular formula is C20H24N4O. The molecule has 3 aromatic rings. The van der Waals surface area contributed by atoms with Crippen LogP contribution >= 0.6 is 0 Å². The molecule has 0 saturated heterocycles. The monoisotopic (exact) mass is 336 g/mol. The molecule has 0 aliphatic carbocycles. The summed E-state index contributed by atoms with van der Waals surface area (Å²) in [6, 6.07) is 18.3. The van der Waals surface area contributed by atoms with Gasteiger partial charge in [0.05, 0.1) is 17.4 Å². The van der Waals surface area contributed by atoms with E-state index in [2.05, 4.69) is 46.5 Å². The second-order valence-electron chi connectivity index (χ2n) is 6.29. The van der Waals surface area contributed by atoms with Gasteiger partial charge in [-0.3, -0.25) is 4.79 Å². The van der Waals surface area contributed by atoms with Crippen LogP contribution in [0.5, 0.6) is 0 Å². The van der Waals surface area contributed by atoms with E-state index in [0.717, 1.165) is 30.5 Å². The Morgan fingerprint density at radius 1 is 1.12 bits per heavy atom. The van der Waals surface area contributed by atoms with E-state index in [9.17, 15) is 4.79 Å². The molecule has 1 amide bonds. The third-order valence-corrected chi connectivity index (χ3v) is 4.18. The molecule has 5 heteroatoms. The highest BCUT2D eigenvalue weighted by molar-refractivity contribution is 5.80. The smallest absolute Gasteiger partial charge is 0.239 e. The number of carbonyl (C=O) groups excluding carboxylic acids is 1. The van der Waals surface area contributed by atoms with Crippen molar-refractivity contribution in [3.63, 3.8) is 0 Å². The number of imidazole rings is 1. The first-order valence-electron chi connectivity index (χ1n) is 8.61. The zero-order valence-corrected chi connectivity index (χ0v) is 14.6. The van der Waals surface area contributed by atoms with E-state index in [1.54, 1.807) is 6.33 Å². The highest BCUT2D eigenvalue weighted by atomic mass is 16.1. The molecule has 0 unspecified atom stereocenters. The molecule has 25 heavy (non-hydrogen) atoms.